The van der Waals surface area contributed by atoms with Crippen LogP contribution in [-0.4, -0.2) is 36.0 Å². The number of nitrogens with one attached hydrogen (secondary N) is 2. The third-order valence-corrected chi connectivity index (χ3v) is 3.27. The third kappa shape index (κ3) is 4.96. The van der Waals surface area contributed by atoms with E-state index in [1.807, 2.05) is 0 Å². The van der Waals surface area contributed by atoms with Gasteiger partial charge in [0.25, 0.3) is 5.91 Å². The van der Waals surface area contributed by atoms with E-state index in [0.29, 0.717) is 4.88 Å². The zero-order valence-corrected chi connectivity index (χ0v) is 10.9. The van der Waals surface area contributed by atoms with Crippen molar-refractivity contribution in [1.82, 2.24) is 10.6 Å². The lowest BCUT2D eigenvalue weighted by atomic mass is 10.4. The summed E-state index contributed by atoms with van der Waals surface area (Å²) in [5.41, 5.74) is 0. The van der Waals surface area contributed by atoms with E-state index in [9.17, 15) is 14.4 Å². The Balaban J connectivity index is 2.33. The Morgan fingerprint density at radius 1 is 1.24 bits per heavy atom. The van der Waals surface area contributed by atoms with Crippen molar-refractivity contribution in [3.8, 4) is 0 Å². The molecular formula is C9H9BrN2O4S. The molecular weight excluding hydrogens is 312 g/mol. The predicted octanol–water partition coefficient (Wildman–Crippen LogP) is 0.441. The number of halogens is 1. The van der Waals surface area contributed by atoms with Gasteiger partial charge in [0.15, 0.2) is 0 Å². The van der Waals surface area contributed by atoms with Crippen LogP contribution in [0.25, 0.3) is 0 Å². The third-order valence-electron chi connectivity index (χ3n) is 1.64. The molecule has 0 atom stereocenters. The highest BCUT2D eigenvalue weighted by Crippen LogP contribution is 2.21. The number of amides is 2. The first-order chi connectivity index (χ1) is 7.99. The van der Waals surface area contributed by atoms with E-state index in [1.165, 1.54) is 11.3 Å². The second-order valence-electron chi connectivity index (χ2n) is 2.96. The fourth-order valence-corrected chi connectivity index (χ4v) is 2.22. The van der Waals surface area contributed by atoms with Crippen molar-refractivity contribution in [2.75, 3.05) is 13.1 Å². The monoisotopic (exact) mass is 320 g/mol. The van der Waals surface area contributed by atoms with E-state index in [0.717, 1.165) is 3.79 Å². The SMILES string of the molecule is O=C(O)CNC(=O)CNC(=O)c1ccc(Br)s1. The van der Waals surface area contributed by atoms with Crippen LogP contribution in [0, 0.1) is 0 Å². The van der Waals surface area contributed by atoms with E-state index >= 15 is 0 Å². The number of rotatable bonds is 5. The van der Waals surface area contributed by atoms with E-state index in [4.69, 9.17) is 5.11 Å². The molecule has 0 aliphatic carbocycles. The Kier molecular flexibility index (Phi) is 5.11. The van der Waals surface area contributed by atoms with Gasteiger partial charge in [-0.2, -0.15) is 0 Å². The Morgan fingerprint density at radius 3 is 2.47 bits per heavy atom. The molecule has 0 aromatic carbocycles. The summed E-state index contributed by atoms with van der Waals surface area (Å²) in [5, 5.41) is 12.8. The van der Waals surface area contributed by atoms with Gasteiger partial charge in [-0.15, -0.1) is 11.3 Å². The quantitative estimate of drug-likeness (QED) is 0.733. The second kappa shape index (κ2) is 6.36. The first kappa shape index (κ1) is 13.7. The Morgan fingerprint density at radius 2 is 1.94 bits per heavy atom. The molecule has 0 unspecified atom stereocenters. The van der Waals surface area contributed by atoms with Crippen LogP contribution in [-0.2, 0) is 9.59 Å². The average Bonchev–Trinajstić information content (AvgIpc) is 2.70. The summed E-state index contributed by atoms with van der Waals surface area (Å²) in [6.07, 6.45) is 0. The molecule has 17 heavy (non-hydrogen) atoms. The lowest BCUT2D eigenvalue weighted by Crippen LogP contribution is -2.38. The minimum Gasteiger partial charge on any atom is -0.480 e. The number of thiophene rings is 1. The fourth-order valence-electron chi connectivity index (χ4n) is 0.921. The second-order valence-corrected chi connectivity index (χ2v) is 5.42. The van der Waals surface area contributed by atoms with Gasteiger partial charge in [-0.1, -0.05) is 0 Å². The summed E-state index contributed by atoms with van der Waals surface area (Å²) >= 11 is 4.46. The van der Waals surface area contributed by atoms with Gasteiger partial charge in [0.2, 0.25) is 5.91 Å². The Bertz CT molecular complexity index is 446. The molecule has 8 heteroatoms. The molecule has 1 rings (SSSR count). The molecule has 92 valence electrons. The maximum absolute atomic E-state index is 11.5. The Labute approximate surface area is 109 Å². The minimum absolute atomic E-state index is 0.248. The van der Waals surface area contributed by atoms with Crippen LogP contribution in [0.1, 0.15) is 9.67 Å². The van der Waals surface area contributed by atoms with Gasteiger partial charge >= 0.3 is 5.97 Å². The van der Waals surface area contributed by atoms with E-state index in [-0.39, 0.29) is 12.5 Å². The van der Waals surface area contributed by atoms with E-state index < -0.39 is 18.4 Å². The van der Waals surface area contributed by atoms with Crippen molar-refractivity contribution in [1.29, 1.82) is 0 Å². The minimum atomic E-state index is -1.13. The van der Waals surface area contributed by atoms with Gasteiger partial charge in [0, 0.05) is 0 Å². The molecule has 0 bridgehead atoms. The molecule has 0 saturated carbocycles. The highest BCUT2D eigenvalue weighted by molar-refractivity contribution is 9.11. The summed E-state index contributed by atoms with van der Waals surface area (Å²) in [5.74, 6) is -2.05. The molecule has 3 N–H and O–H groups in total. The van der Waals surface area contributed by atoms with E-state index in [2.05, 4.69) is 26.6 Å². The number of carbonyl (C=O) groups is 3. The molecule has 1 aromatic heterocycles. The van der Waals surface area contributed by atoms with Crippen molar-refractivity contribution in [3.05, 3.63) is 20.8 Å². The largest absolute Gasteiger partial charge is 0.480 e. The van der Waals surface area contributed by atoms with Crippen LogP contribution >= 0.6 is 27.3 Å². The summed E-state index contributed by atoms with van der Waals surface area (Å²) in [4.78, 5) is 33.2. The zero-order valence-electron chi connectivity index (χ0n) is 8.53. The molecule has 0 fully saturated rings. The van der Waals surface area contributed by atoms with Crippen molar-refractivity contribution in [3.63, 3.8) is 0 Å². The van der Waals surface area contributed by atoms with Gasteiger partial charge in [-0.05, 0) is 28.1 Å². The molecule has 1 aromatic rings. The number of carboxylic acid groups (broad SMARTS) is 1. The van der Waals surface area contributed by atoms with Crippen LogP contribution in [0.2, 0.25) is 0 Å². The summed E-state index contributed by atoms with van der Waals surface area (Å²) < 4.78 is 0.818. The summed E-state index contributed by atoms with van der Waals surface area (Å²) in [6.45, 7) is -0.707. The predicted molar refractivity (Wildman–Crippen MR) is 65.0 cm³/mol. The van der Waals surface area contributed by atoms with Crippen molar-refractivity contribution >= 4 is 45.1 Å². The fraction of sp³-hybridized carbons (Fsp3) is 0.222. The van der Waals surface area contributed by atoms with E-state index in [1.54, 1.807) is 12.1 Å². The van der Waals surface area contributed by atoms with Gasteiger partial charge in [-0.3, -0.25) is 14.4 Å². The molecule has 0 saturated heterocycles. The topological polar surface area (TPSA) is 95.5 Å². The standard InChI is InChI=1S/C9H9BrN2O4S/c10-6-2-1-5(17-6)9(16)12-3-7(13)11-4-8(14)15/h1-2H,3-4H2,(H,11,13)(H,12,16)(H,14,15). The maximum atomic E-state index is 11.5. The molecule has 2 amide bonds. The smallest absolute Gasteiger partial charge is 0.322 e. The molecule has 1 heterocycles. The summed E-state index contributed by atoms with van der Waals surface area (Å²) in [7, 11) is 0. The van der Waals surface area contributed by atoms with Gasteiger partial charge in [-0.25, -0.2) is 0 Å². The normalized spacial score (nSPS) is 9.71. The first-order valence-electron chi connectivity index (χ1n) is 4.51. The number of carbonyl (C=O) groups excluding carboxylic acids is 2. The highest BCUT2D eigenvalue weighted by atomic mass is 79.9. The number of hydrogen-bond acceptors (Lipinski definition) is 4. The molecule has 0 radical (unpaired) electrons. The van der Waals surface area contributed by atoms with Crippen molar-refractivity contribution in [2.45, 2.75) is 0 Å². The maximum Gasteiger partial charge on any atom is 0.322 e. The summed E-state index contributed by atoms with van der Waals surface area (Å²) in [6, 6.07) is 3.35. The highest BCUT2D eigenvalue weighted by Gasteiger charge is 2.10. The average molecular weight is 321 g/mol. The van der Waals surface area contributed by atoms with Gasteiger partial charge < -0.3 is 15.7 Å². The number of hydrogen-bond donors (Lipinski definition) is 3. The molecule has 0 aliphatic rings. The number of carboxylic acids is 1. The van der Waals surface area contributed by atoms with Crippen LogP contribution in [0.15, 0.2) is 15.9 Å². The van der Waals surface area contributed by atoms with Gasteiger partial charge in [0.1, 0.15) is 6.54 Å². The van der Waals surface area contributed by atoms with Crippen LogP contribution in [0.3, 0.4) is 0 Å². The zero-order chi connectivity index (χ0) is 12.8. The van der Waals surface area contributed by atoms with Crippen molar-refractivity contribution in [2.24, 2.45) is 0 Å². The molecule has 0 spiro atoms. The lowest BCUT2D eigenvalue weighted by molar-refractivity contribution is -0.137. The molecule has 6 nitrogen and oxygen atoms in total. The first-order valence-corrected chi connectivity index (χ1v) is 6.12. The lowest BCUT2D eigenvalue weighted by Gasteiger charge is -2.03. The van der Waals surface area contributed by atoms with Crippen molar-refractivity contribution < 1.29 is 19.5 Å². The van der Waals surface area contributed by atoms with Crippen LogP contribution < -0.4 is 10.6 Å². The van der Waals surface area contributed by atoms with Gasteiger partial charge in [0.05, 0.1) is 15.2 Å². The van der Waals surface area contributed by atoms with Crippen LogP contribution in [0.5, 0.6) is 0 Å². The Hall–Kier alpha value is -1.41. The van der Waals surface area contributed by atoms with Crippen LogP contribution in [0.4, 0.5) is 0 Å². The molecule has 0 aliphatic heterocycles. The number of aliphatic carboxylic acids is 1.